The fraction of sp³-hybridized carbons (Fsp3) is 0.605. The van der Waals surface area contributed by atoms with Gasteiger partial charge >= 0.3 is 6.09 Å². The normalized spacial score (nSPS) is 28.4. The molecule has 2 aliphatic heterocycles. The van der Waals surface area contributed by atoms with E-state index in [1.807, 2.05) is 0 Å². The van der Waals surface area contributed by atoms with Crippen molar-refractivity contribution in [2.45, 2.75) is 119 Å². The molecule has 2 aromatic rings. The highest BCUT2D eigenvalue weighted by Gasteiger charge is 2.63. The summed E-state index contributed by atoms with van der Waals surface area (Å²) in [6.07, 6.45) is 3.05. The maximum absolute atomic E-state index is 14.9. The molecular weight excluding hydrogens is 776 g/mol. The van der Waals surface area contributed by atoms with Crippen molar-refractivity contribution < 1.29 is 59.7 Å². The van der Waals surface area contributed by atoms with Gasteiger partial charge in [0.1, 0.15) is 23.7 Å². The largest absolute Gasteiger partial charge is 0.494 e. The van der Waals surface area contributed by atoms with Gasteiger partial charge in [0.15, 0.2) is 17.2 Å². The van der Waals surface area contributed by atoms with Gasteiger partial charge in [-0.15, -0.1) is 0 Å². The Labute approximate surface area is 328 Å². The van der Waals surface area contributed by atoms with E-state index in [1.54, 1.807) is 18.2 Å². The molecule has 6 rings (SSSR count). The van der Waals surface area contributed by atoms with Crippen molar-refractivity contribution in [3.8, 4) is 11.6 Å². The van der Waals surface area contributed by atoms with Crippen LogP contribution in [0.2, 0.25) is 0 Å². The fourth-order valence-corrected chi connectivity index (χ4v) is 8.17. The zero-order valence-electron chi connectivity index (χ0n) is 32.5. The number of alkyl carbamates (subject to hydrolysis) is 1. The SMILES string of the molecule is COc1cc2ccnc(O[C@@H]3C[C@H]4C(=O)N[C@]5(C(=O)NS(=O)(=O)C6(C)CC6)C[C@H]5/C=C\CCCO[C@@H](C)[C@H](NC(=O)OC(C)(C)C(C)(F)F)C(=O)N4C3)c2cc1F. The Kier molecular flexibility index (Phi) is 11.2. The van der Waals surface area contributed by atoms with Crippen LogP contribution in [0.3, 0.4) is 0 Å². The Morgan fingerprint density at radius 3 is 2.54 bits per heavy atom. The quantitative estimate of drug-likeness (QED) is 0.311. The first kappa shape index (κ1) is 42.0. The van der Waals surface area contributed by atoms with Gasteiger partial charge in [0.05, 0.1) is 24.5 Å². The highest BCUT2D eigenvalue weighted by atomic mass is 32.2. The third kappa shape index (κ3) is 8.49. The molecule has 0 spiro atoms. The van der Waals surface area contributed by atoms with Gasteiger partial charge < -0.3 is 34.5 Å². The van der Waals surface area contributed by atoms with E-state index in [4.69, 9.17) is 18.9 Å². The van der Waals surface area contributed by atoms with Crippen molar-refractivity contribution in [2.75, 3.05) is 20.3 Å². The fourth-order valence-electron chi connectivity index (χ4n) is 6.86. The first-order chi connectivity index (χ1) is 26.6. The zero-order chi connectivity index (χ0) is 41.7. The predicted molar refractivity (Wildman–Crippen MR) is 198 cm³/mol. The summed E-state index contributed by atoms with van der Waals surface area (Å²) in [5.74, 6) is -7.38. The summed E-state index contributed by atoms with van der Waals surface area (Å²) >= 11 is 0. The van der Waals surface area contributed by atoms with Gasteiger partial charge in [-0.05, 0) is 83.4 Å². The number of nitrogens with zero attached hydrogens (tertiary/aromatic N) is 2. The van der Waals surface area contributed by atoms with E-state index < -0.39 is 91.7 Å². The molecule has 0 radical (unpaired) electrons. The van der Waals surface area contributed by atoms with Crippen molar-refractivity contribution in [2.24, 2.45) is 5.92 Å². The molecule has 1 aromatic heterocycles. The lowest BCUT2D eigenvalue weighted by Crippen LogP contribution is -2.60. The molecule has 6 atom stereocenters. The molecule has 0 unspecified atom stereocenters. The average Bonchev–Trinajstić information content (AvgIpc) is 4.01. The molecule has 1 aromatic carbocycles. The monoisotopic (exact) mass is 823 g/mol. The highest BCUT2D eigenvalue weighted by Crippen LogP contribution is 2.47. The van der Waals surface area contributed by atoms with Crippen LogP contribution in [0.1, 0.15) is 73.1 Å². The summed E-state index contributed by atoms with van der Waals surface area (Å²) in [4.78, 5) is 61.4. The number of carbonyl (C=O) groups is 4. The number of ether oxygens (including phenoxy) is 4. The molecule has 3 fully saturated rings. The molecule has 0 bridgehead atoms. The Balaban J connectivity index is 1.34. The summed E-state index contributed by atoms with van der Waals surface area (Å²) in [5.41, 5.74) is -3.95. The molecule has 3 N–H and O–H groups in total. The van der Waals surface area contributed by atoms with E-state index in [0.29, 0.717) is 38.0 Å². The topological polar surface area (TPSA) is 192 Å². The number of benzene rings is 1. The lowest BCUT2D eigenvalue weighted by atomic mass is 10.0. The third-order valence-corrected chi connectivity index (χ3v) is 13.6. The number of alkyl halides is 2. The number of carbonyl (C=O) groups excluding carboxylic acids is 4. The summed E-state index contributed by atoms with van der Waals surface area (Å²) in [5, 5.41) is 5.90. The Hall–Kier alpha value is -4.65. The van der Waals surface area contributed by atoms with Crippen LogP contribution in [0.4, 0.5) is 18.0 Å². The van der Waals surface area contributed by atoms with Crippen LogP contribution in [-0.4, -0.2) is 108 Å². The smallest absolute Gasteiger partial charge is 0.408 e. The minimum Gasteiger partial charge on any atom is -0.494 e. The summed E-state index contributed by atoms with van der Waals surface area (Å²) in [7, 11) is -2.77. The van der Waals surface area contributed by atoms with E-state index in [-0.39, 0.29) is 43.0 Å². The van der Waals surface area contributed by atoms with E-state index in [1.165, 1.54) is 39.3 Å². The number of hydrogen-bond acceptors (Lipinski definition) is 11. The number of halogens is 3. The van der Waals surface area contributed by atoms with Crippen molar-refractivity contribution in [3.05, 3.63) is 42.4 Å². The molecule has 4 amide bonds. The van der Waals surface area contributed by atoms with Crippen LogP contribution in [0.25, 0.3) is 10.8 Å². The molecule has 2 saturated carbocycles. The lowest BCUT2D eigenvalue weighted by Gasteiger charge is -2.34. The number of aromatic nitrogens is 1. The predicted octanol–water partition coefficient (Wildman–Crippen LogP) is 3.89. The molecule has 57 heavy (non-hydrogen) atoms. The van der Waals surface area contributed by atoms with Gasteiger partial charge in [0, 0.05) is 37.5 Å². The second-order valence-corrected chi connectivity index (χ2v) is 18.2. The van der Waals surface area contributed by atoms with E-state index >= 15 is 0 Å². The summed E-state index contributed by atoms with van der Waals surface area (Å²) < 4.78 is 93.1. The molecule has 1 saturated heterocycles. The van der Waals surface area contributed by atoms with Crippen LogP contribution in [0.15, 0.2) is 36.5 Å². The van der Waals surface area contributed by atoms with E-state index in [2.05, 4.69) is 20.3 Å². The Morgan fingerprint density at radius 2 is 1.88 bits per heavy atom. The Bertz CT molecular complexity index is 2070. The first-order valence-electron chi connectivity index (χ1n) is 18.8. The molecular formula is C38H48F3N5O10S. The summed E-state index contributed by atoms with van der Waals surface area (Å²) in [6.45, 7) is 5.43. The van der Waals surface area contributed by atoms with Crippen LogP contribution >= 0.6 is 0 Å². The zero-order valence-corrected chi connectivity index (χ0v) is 33.3. The number of fused-ring (bicyclic) bond motifs is 3. The second kappa shape index (κ2) is 15.3. The number of nitrogens with one attached hydrogen (secondary N) is 3. The average molecular weight is 824 g/mol. The molecule has 3 heterocycles. The van der Waals surface area contributed by atoms with Gasteiger partial charge in [0.25, 0.3) is 11.8 Å². The number of hydrogen-bond donors (Lipinski definition) is 3. The minimum atomic E-state index is -4.09. The number of methoxy groups -OCH3 is 1. The van der Waals surface area contributed by atoms with Crippen molar-refractivity contribution in [3.63, 3.8) is 0 Å². The number of amides is 4. The Morgan fingerprint density at radius 1 is 1.16 bits per heavy atom. The second-order valence-electron chi connectivity index (χ2n) is 16.0. The number of pyridine rings is 1. The molecule has 2 aliphatic carbocycles. The van der Waals surface area contributed by atoms with Crippen LogP contribution in [0, 0.1) is 11.7 Å². The number of rotatable bonds is 9. The minimum absolute atomic E-state index is 0.0154. The van der Waals surface area contributed by atoms with Gasteiger partial charge in [-0.2, -0.15) is 0 Å². The van der Waals surface area contributed by atoms with Gasteiger partial charge in [-0.3, -0.25) is 19.1 Å². The van der Waals surface area contributed by atoms with Crippen molar-refractivity contribution in [1.29, 1.82) is 0 Å². The number of allylic oxidation sites excluding steroid dienone is 1. The van der Waals surface area contributed by atoms with Crippen molar-refractivity contribution >= 4 is 44.6 Å². The number of sulfonamides is 1. The van der Waals surface area contributed by atoms with Gasteiger partial charge in [-0.25, -0.2) is 31.4 Å². The molecule has 15 nitrogen and oxygen atoms in total. The van der Waals surface area contributed by atoms with Crippen LogP contribution < -0.4 is 24.8 Å². The molecule has 312 valence electrons. The lowest BCUT2D eigenvalue weighted by molar-refractivity contribution is -0.153. The molecule has 19 heteroatoms. The maximum atomic E-state index is 14.9. The first-order valence-corrected chi connectivity index (χ1v) is 20.2. The van der Waals surface area contributed by atoms with Gasteiger partial charge in [-0.1, -0.05) is 12.2 Å². The summed E-state index contributed by atoms with van der Waals surface area (Å²) in [6, 6.07) is 1.29. The van der Waals surface area contributed by atoms with E-state index in [9.17, 15) is 40.8 Å². The van der Waals surface area contributed by atoms with Crippen LogP contribution in [-0.2, 0) is 33.9 Å². The van der Waals surface area contributed by atoms with Crippen LogP contribution in [0.5, 0.6) is 11.6 Å². The molecule has 4 aliphatic rings. The highest BCUT2D eigenvalue weighted by molar-refractivity contribution is 7.91. The maximum Gasteiger partial charge on any atom is 0.408 e. The van der Waals surface area contributed by atoms with E-state index in [0.717, 1.165) is 18.7 Å². The third-order valence-electron chi connectivity index (χ3n) is 11.4. The van der Waals surface area contributed by atoms with Crippen molar-refractivity contribution in [1.82, 2.24) is 25.2 Å². The standard InChI is InChI=1S/C38H48F3N5O10S/c1-21-29(43-34(50)56-35(2,3)37(5,40)41)32(48)46-20-24(55-31-25-18-26(39)28(53-6)16-22(25)11-14-42-31)17-27(46)30(47)44-38(19-23(38)10-8-7-9-15-54-21)33(49)45-57(51,52)36(4)12-13-36/h8,10-11,14,16,18,21,23-24,27,29H,7,9,12-13,15,17,19-20H2,1-6H3,(H,43,50)(H,44,47)(H,45,49)/b10-8-/t21-,23+,24+,27-,29-,38+/m0/s1. The van der Waals surface area contributed by atoms with Gasteiger partial charge in [0.2, 0.25) is 27.7 Å².